The molecule has 0 atom stereocenters. The first-order chi connectivity index (χ1) is 11.8. The average Bonchev–Trinajstić information content (AvgIpc) is 3.22. The van der Waals surface area contributed by atoms with Gasteiger partial charge in [0.05, 0.1) is 11.0 Å². The molecule has 0 radical (unpaired) electrons. The van der Waals surface area contributed by atoms with E-state index < -0.39 is 0 Å². The van der Waals surface area contributed by atoms with Gasteiger partial charge in [-0.05, 0) is 35.4 Å². The lowest BCUT2D eigenvalue weighted by molar-refractivity contribution is -0.117. The molecule has 0 bridgehead atoms. The van der Waals surface area contributed by atoms with E-state index in [0.29, 0.717) is 12.0 Å². The molecule has 3 aromatic rings. The number of fused-ring (bicyclic) bond motifs is 1. The van der Waals surface area contributed by atoms with E-state index in [2.05, 4.69) is 36.5 Å². The van der Waals surface area contributed by atoms with Gasteiger partial charge < -0.3 is 4.57 Å². The minimum absolute atomic E-state index is 0.0703. The lowest BCUT2D eigenvalue weighted by Crippen LogP contribution is -2.23. The average molecular weight is 325 g/mol. The largest absolute Gasteiger partial charge is 0.307 e. The van der Waals surface area contributed by atoms with Gasteiger partial charge in [0.1, 0.15) is 12.9 Å². The quantitative estimate of drug-likeness (QED) is 0.794. The number of carbonyl (C=O) groups excluding carboxylic acids is 1. The van der Waals surface area contributed by atoms with E-state index in [1.54, 1.807) is 0 Å². The summed E-state index contributed by atoms with van der Waals surface area (Å²) in [6.07, 6.45) is 7.38. The van der Waals surface area contributed by atoms with Gasteiger partial charge in [-0.1, -0.05) is 31.4 Å². The molecule has 0 unspecified atom stereocenters. The highest BCUT2D eigenvalue weighted by molar-refractivity contribution is 5.91. The normalized spacial score (nSPS) is 15.7. The molecule has 1 saturated carbocycles. The number of hydrogen-bond donors (Lipinski definition) is 1. The number of aromatic nitrogens is 6. The van der Waals surface area contributed by atoms with Crippen LogP contribution in [0.2, 0.25) is 0 Å². The number of rotatable bonds is 4. The molecule has 24 heavy (non-hydrogen) atoms. The van der Waals surface area contributed by atoms with Crippen molar-refractivity contribution in [2.75, 3.05) is 5.32 Å². The zero-order valence-corrected chi connectivity index (χ0v) is 13.3. The highest BCUT2D eigenvalue weighted by Gasteiger charge is 2.22. The zero-order chi connectivity index (χ0) is 16.4. The van der Waals surface area contributed by atoms with Crippen molar-refractivity contribution >= 4 is 22.9 Å². The lowest BCUT2D eigenvalue weighted by atomic mass is 9.95. The van der Waals surface area contributed by atoms with Gasteiger partial charge in [-0.15, -0.1) is 5.10 Å². The van der Waals surface area contributed by atoms with Crippen molar-refractivity contribution in [3.05, 3.63) is 30.6 Å². The number of anilines is 1. The molecular formula is C16H19N7O. The maximum absolute atomic E-state index is 12.3. The Kier molecular flexibility index (Phi) is 3.94. The predicted octanol–water partition coefficient (Wildman–Crippen LogP) is 2.17. The summed E-state index contributed by atoms with van der Waals surface area (Å²) in [6, 6.07) is 8.40. The maximum Gasteiger partial charge on any atom is 0.248 e. The molecule has 2 heterocycles. The molecular weight excluding hydrogens is 306 g/mol. The second-order valence-corrected chi connectivity index (χ2v) is 6.14. The molecule has 2 aromatic heterocycles. The predicted molar refractivity (Wildman–Crippen MR) is 88.3 cm³/mol. The third kappa shape index (κ3) is 2.86. The number of tetrazole rings is 1. The Labute approximate surface area is 138 Å². The lowest BCUT2D eigenvalue weighted by Gasteiger charge is -2.25. The van der Waals surface area contributed by atoms with Crippen LogP contribution < -0.4 is 5.32 Å². The topological polar surface area (TPSA) is 90.5 Å². The van der Waals surface area contributed by atoms with Crippen LogP contribution in [-0.4, -0.2) is 35.7 Å². The molecule has 0 aliphatic heterocycles. The van der Waals surface area contributed by atoms with Crippen LogP contribution in [0.1, 0.15) is 38.1 Å². The summed E-state index contributed by atoms with van der Waals surface area (Å²) in [5.74, 6) is 0.427. The van der Waals surface area contributed by atoms with Gasteiger partial charge >= 0.3 is 0 Å². The van der Waals surface area contributed by atoms with Gasteiger partial charge in [-0.2, -0.15) is 0 Å². The number of amides is 1. The van der Waals surface area contributed by atoms with E-state index in [0.717, 1.165) is 23.9 Å². The molecule has 0 spiro atoms. The molecule has 8 heteroatoms. The molecule has 1 aliphatic carbocycles. The van der Waals surface area contributed by atoms with E-state index in [4.69, 9.17) is 0 Å². The number of carbonyl (C=O) groups is 1. The Morgan fingerprint density at radius 1 is 1.21 bits per heavy atom. The fourth-order valence-electron chi connectivity index (χ4n) is 3.41. The molecule has 1 aliphatic rings. The molecule has 1 fully saturated rings. The monoisotopic (exact) mass is 325 g/mol. The summed E-state index contributed by atoms with van der Waals surface area (Å²) in [5.41, 5.74) is 1.97. The zero-order valence-electron chi connectivity index (χ0n) is 13.3. The number of benzene rings is 1. The van der Waals surface area contributed by atoms with Crippen LogP contribution >= 0.6 is 0 Å². The van der Waals surface area contributed by atoms with E-state index in [1.165, 1.54) is 30.3 Å². The van der Waals surface area contributed by atoms with Crippen LogP contribution in [0.4, 0.5) is 5.95 Å². The molecule has 1 N–H and O–H groups in total. The number of imidazole rings is 1. The summed E-state index contributed by atoms with van der Waals surface area (Å²) >= 11 is 0. The van der Waals surface area contributed by atoms with Crippen molar-refractivity contribution in [3.63, 3.8) is 0 Å². The SMILES string of the molecule is O=C(Cn1cnnn1)Nc1nc2ccccc2n1C1CCCCC1. The van der Waals surface area contributed by atoms with Crippen molar-refractivity contribution in [1.82, 2.24) is 29.8 Å². The Morgan fingerprint density at radius 3 is 2.83 bits per heavy atom. The van der Waals surface area contributed by atoms with Gasteiger partial charge in [0.25, 0.3) is 0 Å². The summed E-state index contributed by atoms with van der Waals surface area (Å²) in [6.45, 7) is 0.0703. The summed E-state index contributed by atoms with van der Waals surface area (Å²) in [4.78, 5) is 16.9. The summed E-state index contributed by atoms with van der Waals surface area (Å²) in [5, 5.41) is 13.7. The van der Waals surface area contributed by atoms with Gasteiger partial charge in [0, 0.05) is 6.04 Å². The van der Waals surface area contributed by atoms with Crippen LogP contribution in [0, 0.1) is 0 Å². The van der Waals surface area contributed by atoms with Crippen LogP contribution in [-0.2, 0) is 11.3 Å². The Bertz CT molecular complexity index is 833. The van der Waals surface area contributed by atoms with Crippen molar-refractivity contribution in [1.29, 1.82) is 0 Å². The fraction of sp³-hybridized carbons (Fsp3) is 0.438. The van der Waals surface area contributed by atoms with Crippen molar-refractivity contribution in [3.8, 4) is 0 Å². The standard InChI is InChI=1S/C16H19N7O/c24-15(10-22-11-17-20-21-22)19-16-18-13-8-4-5-9-14(13)23(16)12-6-2-1-3-7-12/h4-5,8-9,11-12H,1-3,6-7,10H2,(H,18,19,24). The van der Waals surface area contributed by atoms with Crippen molar-refractivity contribution in [2.24, 2.45) is 0 Å². The molecule has 4 rings (SSSR count). The third-order valence-electron chi connectivity index (χ3n) is 4.48. The highest BCUT2D eigenvalue weighted by Crippen LogP contribution is 2.34. The molecule has 8 nitrogen and oxygen atoms in total. The van der Waals surface area contributed by atoms with Crippen LogP contribution in [0.25, 0.3) is 11.0 Å². The Balaban J connectivity index is 1.64. The number of nitrogens with one attached hydrogen (secondary N) is 1. The summed E-state index contributed by atoms with van der Waals surface area (Å²) in [7, 11) is 0. The minimum Gasteiger partial charge on any atom is -0.307 e. The van der Waals surface area contributed by atoms with E-state index >= 15 is 0 Å². The third-order valence-corrected chi connectivity index (χ3v) is 4.48. The highest BCUT2D eigenvalue weighted by atomic mass is 16.2. The van der Waals surface area contributed by atoms with E-state index in [9.17, 15) is 4.79 Å². The van der Waals surface area contributed by atoms with Crippen LogP contribution in [0.15, 0.2) is 30.6 Å². The first-order valence-electron chi connectivity index (χ1n) is 8.29. The van der Waals surface area contributed by atoms with Crippen molar-refractivity contribution < 1.29 is 4.79 Å². The van der Waals surface area contributed by atoms with Crippen LogP contribution in [0.3, 0.4) is 0 Å². The second-order valence-electron chi connectivity index (χ2n) is 6.14. The second kappa shape index (κ2) is 6.38. The summed E-state index contributed by atoms with van der Waals surface area (Å²) < 4.78 is 3.58. The maximum atomic E-state index is 12.3. The molecule has 0 saturated heterocycles. The fourth-order valence-corrected chi connectivity index (χ4v) is 3.41. The van der Waals surface area contributed by atoms with Gasteiger partial charge in [0.15, 0.2) is 0 Å². The van der Waals surface area contributed by atoms with Gasteiger partial charge in [-0.25, -0.2) is 9.67 Å². The number of nitrogens with zero attached hydrogens (tertiary/aromatic N) is 6. The van der Waals surface area contributed by atoms with E-state index in [-0.39, 0.29) is 12.5 Å². The van der Waals surface area contributed by atoms with Gasteiger partial charge in [-0.3, -0.25) is 10.1 Å². The smallest absolute Gasteiger partial charge is 0.248 e. The number of hydrogen-bond acceptors (Lipinski definition) is 5. The molecule has 1 amide bonds. The molecule has 124 valence electrons. The van der Waals surface area contributed by atoms with E-state index in [1.807, 2.05) is 18.2 Å². The number of para-hydroxylation sites is 2. The Hall–Kier alpha value is -2.77. The minimum atomic E-state index is -0.185. The Morgan fingerprint density at radius 2 is 2.04 bits per heavy atom. The molecule has 1 aromatic carbocycles. The van der Waals surface area contributed by atoms with Gasteiger partial charge in [0.2, 0.25) is 11.9 Å². The van der Waals surface area contributed by atoms with Crippen LogP contribution in [0.5, 0.6) is 0 Å². The first kappa shape index (κ1) is 14.8. The van der Waals surface area contributed by atoms with Crippen molar-refractivity contribution in [2.45, 2.75) is 44.7 Å². The first-order valence-corrected chi connectivity index (χ1v) is 8.29.